The Morgan fingerprint density at radius 2 is 1.29 bits per heavy atom. The highest BCUT2D eigenvalue weighted by Gasteiger charge is 2.47. The van der Waals surface area contributed by atoms with Gasteiger partial charge in [-0.3, -0.25) is 0 Å². The van der Waals surface area contributed by atoms with Crippen molar-refractivity contribution in [3.05, 3.63) is 0 Å². The van der Waals surface area contributed by atoms with Crippen LogP contribution in [0.4, 0.5) is 0 Å². The lowest BCUT2D eigenvalue weighted by molar-refractivity contribution is 0.0275. The highest BCUT2D eigenvalue weighted by Crippen LogP contribution is 2.42. The number of hydrogen-bond acceptors (Lipinski definition) is 6. The predicted octanol–water partition coefficient (Wildman–Crippen LogP) is 4.00. The summed E-state index contributed by atoms with van der Waals surface area (Å²) >= 11 is 6.17. The van der Waals surface area contributed by atoms with Gasteiger partial charge in [0.1, 0.15) is 0 Å². The van der Waals surface area contributed by atoms with Crippen LogP contribution in [0, 0.1) is 5.92 Å². The molecule has 8 heteroatoms. The minimum Gasteiger partial charge on any atom is -0.392 e. The molecular formula is C20H41ClO6Si. The molecule has 1 aliphatic rings. The normalized spacial score (nSPS) is 17.1. The van der Waals surface area contributed by atoms with Gasteiger partial charge in [0.05, 0.1) is 52.9 Å². The summed E-state index contributed by atoms with van der Waals surface area (Å²) in [5.41, 5.74) is 0.518. The molecule has 0 aromatic rings. The number of ether oxygens (including phenoxy) is 4. The maximum atomic E-state index is 6.56. The molecule has 1 unspecified atom stereocenters. The summed E-state index contributed by atoms with van der Waals surface area (Å²) in [6.07, 6.45) is 6.21. The van der Waals surface area contributed by atoms with E-state index in [1.54, 1.807) is 14.2 Å². The molecule has 0 aliphatic heterocycles. The van der Waals surface area contributed by atoms with E-state index < -0.39 is 8.56 Å². The number of methoxy groups -OCH3 is 2. The maximum Gasteiger partial charge on any atom is 0.341 e. The lowest BCUT2D eigenvalue weighted by Gasteiger charge is -2.40. The predicted molar refractivity (Wildman–Crippen MR) is 115 cm³/mol. The molecule has 0 amide bonds. The van der Waals surface area contributed by atoms with Gasteiger partial charge in [-0.2, -0.15) is 0 Å². The summed E-state index contributed by atoms with van der Waals surface area (Å²) in [4.78, 5) is 0. The van der Waals surface area contributed by atoms with Crippen molar-refractivity contribution in [2.24, 2.45) is 5.92 Å². The highest BCUT2D eigenvalue weighted by atomic mass is 35.5. The third-order valence-corrected chi connectivity index (χ3v) is 10.1. The molecule has 1 saturated carbocycles. The van der Waals surface area contributed by atoms with Crippen molar-refractivity contribution < 1.29 is 27.8 Å². The maximum absolute atomic E-state index is 6.56. The molecular weight excluding hydrogens is 400 g/mol. The summed E-state index contributed by atoms with van der Waals surface area (Å²) in [7, 11) is 0.932. The first-order valence-corrected chi connectivity index (χ1v) is 13.3. The third-order valence-electron chi connectivity index (χ3n) is 5.14. The molecule has 6 nitrogen and oxygen atoms in total. The van der Waals surface area contributed by atoms with E-state index in [1.807, 2.05) is 0 Å². The highest BCUT2D eigenvalue weighted by molar-refractivity contribution is 6.69. The van der Waals surface area contributed by atoms with Gasteiger partial charge in [-0.15, -0.1) is 11.6 Å². The van der Waals surface area contributed by atoms with Gasteiger partial charge in [0, 0.05) is 25.6 Å². The largest absolute Gasteiger partial charge is 0.392 e. The van der Waals surface area contributed by atoms with Crippen LogP contribution in [-0.2, 0) is 27.8 Å². The fraction of sp³-hybridized carbons (Fsp3) is 1.00. The summed E-state index contributed by atoms with van der Waals surface area (Å²) in [5, 5.41) is 0. The van der Waals surface area contributed by atoms with Gasteiger partial charge >= 0.3 is 8.56 Å². The van der Waals surface area contributed by atoms with Gasteiger partial charge in [-0.1, -0.05) is 26.2 Å². The van der Waals surface area contributed by atoms with Gasteiger partial charge in [-0.25, -0.2) is 0 Å². The Labute approximate surface area is 177 Å². The molecule has 0 aromatic carbocycles. The number of alkyl halides is 1. The Hall–Kier alpha value is 0.267. The third kappa shape index (κ3) is 10.9. The van der Waals surface area contributed by atoms with Gasteiger partial charge in [0.15, 0.2) is 0 Å². The van der Waals surface area contributed by atoms with E-state index in [-0.39, 0.29) is 0 Å². The van der Waals surface area contributed by atoms with Crippen LogP contribution in [0.15, 0.2) is 0 Å². The average molecular weight is 441 g/mol. The van der Waals surface area contributed by atoms with Crippen LogP contribution < -0.4 is 0 Å². The first-order valence-electron chi connectivity index (χ1n) is 10.7. The number of hydrogen-bond donors (Lipinski definition) is 0. The van der Waals surface area contributed by atoms with Gasteiger partial charge in [0.25, 0.3) is 0 Å². The van der Waals surface area contributed by atoms with Crippen LogP contribution in [0.3, 0.4) is 0 Å². The Morgan fingerprint density at radius 1 is 0.786 bits per heavy atom. The van der Waals surface area contributed by atoms with E-state index in [9.17, 15) is 0 Å². The van der Waals surface area contributed by atoms with Crippen LogP contribution in [0.5, 0.6) is 0 Å². The van der Waals surface area contributed by atoms with E-state index in [0.29, 0.717) is 70.2 Å². The SMILES string of the molecule is COCCOCCO[Si](CC(C)CCl)(OCCOCCOC)C1CCCCC1. The second-order valence-electron chi connectivity index (χ2n) is 7.52. The molecule has 28 heavy (non-hydrogen) atoms. The van der Waals surface area contributed by atoms with Crippen molar-refractivity contribution in [2.75, 3.05) is 73.0 Å². The van der Waals surface area contributed by atoms with Crippen molar-refractivity contribution in [3.63, 3.8) is 0 Å². The summed E-state index contributed by atoms with van der Waals surface area (Å²) in [5.74, 6) is 1.00. The van der Waals surface area contributed by atoms with Gasteiger partial charge in [0.2, 0.25) is 0 Å². The van der Waals surface area contributed by atoms with E-state index in [1.165, 1.54) is 32.1 Å². The topological polar surface area (TPSA) is 55.4 Å². The minimum absolute atomic E-state index is 0.374. The molecule has 0 saturated heterocycles. The first-order chi connectivity index (χ1) is 13.7. The summed E-state index contributed by atoms with van der Waals surface area (Å²) < 4.78 is 34.4. The van der Waals surface area contributed by atoms with Crippen LogP contribution in [0.25, 0.3) is 0 Å². The fourth-order valence-corrected chi connectivity index (χ4v) is 8.36. The molecule has 1 fully saturated rings. The number of halogens is 1. The Bertz CT molecular complexity index is 342. The first kappa shape index (κ1) is 26.3. The van der Waals surface area contributed by atoms with E-state index in [2.05, 4.69) is 6.92 Å². The lowest BCUT2D eigenvalue weighted by atomic mass is 10.0. The quantitative estimate of drug-likeness (QED) is 0.182. The number of rotatable bonds is 18. The van der Waals surface area contributed by atoms with E-state index in [4.69, 9.17) is 39.4 Å². The van der Waals surface area contributed by atoms with Crippen LogP contribution in [-0.4, -0.2) is 81.5 Å². The molecule has 0 aromatic heterocycles. The molecule has 0 N–H and O–H groups in total. The fourth-order valence-electron chi connectivity index (χ4n) is 3.68. The van der Waals surface area contributed by atoms with E-state index in [0.717, 1.165) is 6.04 Å². The van der Waals surface area contributed by atoms with Crippen molar-refractivity contribution in [3.8, 4) is 0 Å². The molecule has 1 rings (SSSR count). The minimum atomic E-state index is -2.42. The standard InChI is InChI=1S/C20H41ClO6Si/c1-19(17-21)18-28(20-7-5-4-6-8-20,26-15-13-24-11-9-22-2)27-16-14-25-12-10-23-3/h19-20H,4-18H2,1-3H3. The van der Waals surface area contributed by atoms with Gasteiger partial charge in [-0.05, 0) is 24.8 Å². The van der Waals surface area contributed by atoms with E-state index >= 15 is 0 Å². The molecule has 168 valence electrons. The average Bonchev–Trinajstić information content (AvgIpc) is 2.73. The molecule has 0 spiro atoms. The van der Waals surface area contributed by atoms with Crippen molar-refractivity contribution in [2.45, 2.75) is 50.6 Å². The van der Waals surface area contributed by atoms with Crippen molar-refractivity contribution >= 4 is 20.2 Å². The monoisotopic (exact) mass is 440 g/mol. The molecule has 0 radical (unpaired) electrons. The lowest BCUT2D eigenvalue weighted by Crippen LogP contribution is -2.50. The van der Waals surface area contributed by atoms with Crippen LogP contribution in [0.2, 0.25) is 11.6 Å². The zero-order valence-corrected chi connectivity index (χ0v) is 19.8. The Morgan fingerprint density at radius 3 is 1.75 bits per heavy atom. The van der Waals surface area contributed by atoms with Crippen molar-refractivity contribution in [1.29, 1.82) is 0 Å². The smallest absolute Gasteiger partial charge is 0.341 e. The molecule has 0 heterocycles. The molecule has 1 aliphatic carbocycles. The molecule has 0 bridgehead atoms. The summed E-state index contributed by atoms with van der Waals surface area (Å²) in [6, 6.07) is 0.928. The second-order valence-corrected chi connectivity index (χ2v) is 11.3. The zero-order valence-electron chi connectivity index (χ0n) is 18.1. The second kappa shape index (κ2) is 17.0. The Kier molecular flexibility index (Phi) is 16.0. The van der Waals surface area contributed by atoms with Crippen molar-refractivity contribution in [1.82, 2.24) is 0 Å². The van der Waals surface area contributed by atoms with Gasteiger partial charge < -0.3 is 27.8 Å². The van der Waals surface area contributed by atoms with Crippen LogP contribution in [0.1, 0.15) is 39.0 Å². The van der Waals surface area contributed by atoms with Crippen LogP contribution >= 0.6 is 11.6 Å². The molecule has 1 atom stereocenters. The zero-order chi connectivity index (χ0) is 20.5. The Balaban J connectivity index is 2.66. The summed E-state index contributed by atoms with van der Waals surface area (Å²) in [6.45, 7) is 6.82.